The third-order valence-electron chi connectivity index (χ3n) is 5.66. The van der Waals surface area contributed by atoms with Crippen LogP contribution in [0.3, 0.4) is 0 Å². The first kappa shape index (κ1) is 24.0. The van der Waals surface area contributed by atoms with E-state index in [1.54, 1.807) is 0 Å². The molecule has 0 aliphatic rings. The summed E-state index contributed by atoms with van der Waals surface area (Å²) in [7, 11) is -1.33. The van der Waals surface area contributed by atoms with Crippen LogP contribution in [0.15, 0.2) is 61.2 Å². The molecule has 0 heterocycles. The molecule has 0 amide bonds. The van der Waals surface area contributed by atoms with Gasteiger partial charge >= 0.3 is 0 Å². The number of unbranched alkanes of at least 4 members (excludes halogenated alkanes) is 8. The second-order valence-corrected chi connectivity index (χ2v) is 15.9. The van der Waals surface area contributed by atoms with Crippen molar-refractivity contribution in [3.63, 3.8) is 0 Å². The molecule has 0 saturated carbocycles. The Morgan fingerprint density at radius 3 is 1.72 bits per heavy atom. The molecule has 0 N–H and O–H groups in total. The maximum absolute atomic E-state index is 6.37. The number of hydrogen-bond donors (Lipinski definition) is 0. The Bertz CT molecular complexity index is 698. The minimum atomic E-state index is -1.33. The monoisotopic (exact) mass is 426 g/mol. The van der Waals surface area contributed by atoms with E-state index in [1.807, 2.05) is 6.07 Å². The maximum Gasteiger partial charge on any atom is 0.150 e. The van der Waals surface area contributed by atoms with Gasteiger partial charge in [0.1, 0.15) is 7.38 Å². The summed E-state index contributed by atoms with van der Waals surface area (Å²) in [6.07, 6.45) is 13.5. The number of benzene rings is 2. The first-order valence-electron chi connectivity index (χ1n) is 11.5. The second kappa shape index (κ2) is 13.1. The van der Waals surface area contributed by atoms with E-state index in [2.05, 4.69) is 68.2 Å². The zero-order valence-corrected chi connectivity index (χ0v) is 20.3. The predicted molar refractivity (Wildman–Crippen MR) is 134 cm³/mol. The van der Waals surface area contributed by atoms with Crippen molar-refractivity contribution in [1.82, 2.24) is 0 Å². The Labute approximate surface area is 185 Å². The van der Waals surface area contributed by atoms with Crippen LogP contribution in [-0.2, 0) is 6.42 Å². The number of aryl methyl sites for hydroxylation is 1. The number of hydrogen-bond acceptors (Lipinski definition) is 0. The van der Waals surface area contributed by atoms with Crippen molar-refractivity contribution in [2.24, 2.45) is 0 Å². The third kappa shape index (κ3) is 10.3. The highest BCUT2D eigenvalue weighted by atomic mass is 35.6. The van der Waals surface area contributed by atoms with Gasteiger partial charge in [-0.1, -0.05) is 126 Å². The molecule has 2 rings (SSSR count). The summed E-state index contributed by atoms with van der Waals surface area (Å²) in [5, 5.41) is 0. The predicted octanol–water partition coefficient (Wildman–Crippen LogP) is 9.25. The summed E-state index contributed by atoms with van der Waals surface area (Å²) in [5.74, 6) is 0. The molecular formula is C27H39ClSi. The SMILES string of the molecule is C=C(c1ccccc1)c1ccc(CCCCCCCCCCC[Si](C)(C)Cl)cc1. The molecule has 0 saturated heterocycles. The van der Waals surface area contributed by atoms with Crippen molar-refractivity contribution in [3.8, 4) is 0 Å². The lowest BCUT2D eigenvalue weighted by molar-refractivity contribution is 0.564. The fourth-order valence-electron chi connectivity index (χ4n) is 3.79. The van der Waals surface area contributed by atoms with Gasteiger partial charge in [0.25, 0.3) is 0 Å². The number of halogens is 1. The Morgan fingerprint density at radius 2 is 1.17 bits per heavy atom. The largest absolute Gasteiger partial charge is 0.168 e. The van der Waals surface area contributed by atoms with Crippen molar-refractivity contribution in [1.29, 1.82) is 0 Å². The third-order valence-corrected chi connectivity index (χ3v) is 7.77. The van der Waals surface area contributed by atoms with Crippen molar-refractivity contribution in [3.05, 3.63) is 77.9 Å². The average molecular weight is 427 g/mol. The molecule has 0 nitrogen and oxygen atoms in total. The van der Waals surface area contributed by atoms with E-state index >= 15 is 0 Å². The first-order valence-corrected chi connectivity index (χ1v) is 15.7. The summed E-state index contributed by atoms with van der Waals surface area (Å²) >= 11 is 6.37. The Balaban J connectivity index is 1.52. The molecule has 29 heavy (non-hydrogen) atoms. The molecule has 0 bridgehead atoms. The normalized spacial score (nSPS) is 11.6. The molecule has 0 radical (unpaired) electrons. The average Bonchev–Trinajstić information content (AvgIpc) is 2.72. The van der Waals surface area contributed by atoms with E-state index in [-0.39, 0.29) is 0 Å². The van der Waals surface area contributed by atoms with Crippen LogP contribution < -0.4 is 0 Å². The van der Waals surface area contributed by atoms with Crippen LogP contribution in [0.4, 0.5) is 0 Å². The minimum absolute atomic E-state index is 1.10. The van der Waals surface area contributed by atoms with Gasteiger partial charge in [-0.05, 0) is 41.1 Å². The summed E-state index contributed by atoms with van der Waals surface area (Å²) < 4.78 is 0. The zero-order valence-electron chi connectivity index (χ0n) is 18.6. The van der Waals surface area contributed by atoms with E-state index in [0.717, 1.165) is 5.57 Å². The van der Waals surface area contributed by atoms with Gasteiger partial charge in [0.15, 0.2) is 0 Å². The standard InChI is InChI=1S/C27H39ClSi/c1-24(26-17-13-11-14-18-26)27-21-19-25(20-22-27)16-12-9-7-5-4-6-8-10-15-23-29(2,3)28/h11,13-14,17-22H,1,4-10,12,15-16,23H2,2-3H3. The van der Waals surface area contributed by atoms with Gasteiger partial charge in [-0.25, -0.2) is 0 Å². The molecule has 2 heteroatoms. The highest BCUT2D eigenvalue weighted by Gasteiger charge is 2.15. The maximum atomic E-state index is 6.37. The zero-order chi connectivity index (χ0) is 21.0. The van der Waals surface area contributed by atoms with Gasteiger partial charge in [0.05, 0.1) is 0 Å². The lowest BCUT2D eigenvalue weighted by Gasteiger charge is -2.11. The molecular weight excluding hydrogens is 388 g/mol. The van der Waals surface area contributed by atoms with Crippen LogP contribution in [0.25, 0.3) is 5.57 Å². The van der Waals surface area contributed by atoms with Gasteiger partial charge in [-0.2, -0.15) is 11.1 Å². The van der Waals surface area contributed by atoms with Crippen molar-refractivity contribution in [2.75, 3.05) is 0 Å². The van der Waals surface area contributed by atoms with Gasteiger partial charge in [0, 0.05) is 0 Å². The lowest BCUT2D eigenvalue weighted by Crippen LogP contribution is -2.14. The van der Waals surface area contributed by atoms with Gasteiger partial charge in [-0.15, -0.1) is 0 Å². The van der Waals surface area contributed by atoms with Crippen LogP contribution in [0, 0.1) is 0 Å². The number of rotatable bonds is 14. The Morgan fingerprint density at radius 1 is 0.690 bits per heavy atom. The molecule has 158 valence electrons. The van der Waals surface area contributed by atoms with E-state index in [9.17, 15) is 0 Å². The molecule has 0 unspecified atom stereocenters. The molecule has 0 aliphatic carbocycles. The van der Waals surface area contributed by atoms with Crippen molar-refractivity contribution >= 4 is 24.0 Å². The van der Waals surface area contributed by atoms with Crippen molar-refractivity contribution < 1.29 is 0 Å². The molecule has 2 aromatic carbocycles. The van der Waals surface area contributed by atoms with Crippen LogP contribution in [0.5, 0.6) is 0 Å². The Kier molecular flexibility index (Phi) is 10.8. The fraction of sp³-hybridized carbons (Fsp3) is 0.481. The quantitative estimate of drug-likeness (QED) is 0.160. The smallest absolute Gasteiger partial charge is 0.150 e. The van der Waals surface area contributed by atoms with Gasteiger partial charge in [-0.3, -0.25) is 0 Å². The summed E-state index contributed by atoms with van der Waals surface area (Å²) in [6.45, 7) is 8.77. The van der Waals surface area contributed by atoms with Crippen LogP contribution in [0.2, 0.25) is 19.1 Å². The van der Waals surface area contributed by atoms with E-state index in [0.29, 0.717) is 0 Å². The topological polar surface area (TPSA) is 0 Å². The van der Waals surface area contributed by atoms with Crippen LogP contribution in [0.1, 0.15) is 74.5 Å². The first-order chi connectivity index (χ1) is 14.0. The van der Waals surface area contributed by atoms with E-state index in [4.69, 9.17) is 11.1 Å². The fourth-order valence-corrected chi connectivity index (χ4v) is 5.28. The van der Waals surface area contributed by atoms with Gasteiger partial charge in [0.2, 0.25) is 0 Å². The lowest BCUT2D eigenvalue weighted by atomic mass is 9.97. The second-order valence-electron chi connectivity index (χ2n) is 8.94. The van der Waals surface area contributed by atoms with E-state index in [1.165, 1.54) is 86.9 Å². The summed E-state index contributed by atoms with van der Waals surface area (Å²) in [4.78, 5) is 0. The summed E-state index contributed by atoms with van der Waals surface area (Å²) in [5.41, 5.74) is 4.97. The highest BCUT2D eigenvalue weighted by molar-refractivity contribution is 7.19. The van der Waals surface area contributed by atoms with Gasteiger partial charge < -0.3 is 0 Å². The van der Waals surface area contributed by atoms with Crippen molar-refractivity contribution in [2.45, 2.75) is 83.3 Å². The molecule has 2 aromatic rings. The van der Waals surface area contributed by atoms with Crippen LogP contribution in [-0.4, -0.2) is 7.38 Å². The minimum Gasteiger partial charge on any atom is -0.168 e. The Hall–Kier alpha value is -1.31. The molecule has 0 fully saturated rings. The molecule has 0 atom stereocenters. The van der Waals surface area contributed by atoms with Crippen LogP contribution >= 0.6 is 11.1 Å². The molecule has 0 spiro atoms. The summed E-state index contributed by atoms with van der Waals surface area (Å²) in [6, 6.07) is 20.7. The van der Waals surface area contributed by atoms with E-state index < -0.39 is 7.38 Å². The highest BCUT2D eigenvalue weighted by Crippen LogP contribution is 2.22. The molecule has 0 aromatic heterocycles. The molecule has 0 aliphatic heterocycles.